The number of unbranched alkanes of at least 4 members (excludes halogenated alkanes) is 2. The Balaban J connectivity index is 2.74. The van der Waals surface area contributed by atoms with Gasteiger partial charge in [0.25, 0.3) is 0 Å². The maximum atomic E-state index is 12.2. The molecule has 0 aliphatic heterocycles. The minimum atomic E-state index is -0.675. The number of hydrogen-bond acceptors (Lipinski definition) is 4. The van der Waals surface area contributed by atoms with Crippen LogP contribution in [0.2, 0.25) is 0 Å². The summed E-state index contributed by atoms with van der Waals surface area (Å²) in [5.74, 6) is -0.228. The molecule has 1 aliphatic rings. The lowest BCUT2D eigenvalue weighted by Crippen LogP contribution is -2.37. The van der Waals surface area contributed by atoms with E-state index in [1.165, 1.54) is 0 Å². The highest BCUT2D eigenvalue weighted by molar-refractivity contribution is 6.07. The summed E-state index contributed by atoms with van der Waals surface area (Å²) < 4.78 is 5.17. The molecule has 0 spiro atoms. The second kappa shape index (κ2) is 7.19. The Morgan fingerprint density at radius 2 is 2.39 bits per heavy atom. The second-order valence-electron chi connectivity index (χ2n) is 4.74. The van der Waals surface area contributed by atoms with Crippen LogP contribution in [0.15, 0.2) is 17.8 Å². The molecule has 1 aliphatic carbocycles. The predicted octanol–water partition coefficient (Wildman–Crippen LogP) is 3.30. The summed E-state index contributed by atoms with van der Waals surface area (Å²) in [6.07, 6.45) is 7.78. The Hall–Kier alpha value is -1.32. The normalized spacial score (nSPS) is 25.3. The Kier molecular flexibility index (Phi) is 5.89. The molecule has 18 heavy (non-hydrogen) atoms. The molecule has 102 valence electrons. The third-order valence-electron chi connectivity index (χ3n) is 3.62. The monoisotopic (exact) mass is 253 g/mol. The molecule has 0 unspecified atom stereocenters. The fraction of sp³-hybridized carbons (Fsp3) is 0.714. The van der Waals surface area contributed by atoms with Crippen LogP contribution in [-0.4, -0.2) is 23.5 Å². The average molecular weight is 253 g/mol. The van der Waals surface area contributed by atoms with E-state index in [1.54, 1.807) is 6.92 Å². The lowest BCUT2D eigenvalue weighted by atomic mass is 9.79. The first-order valence-corrected chi connectivity index (χ1v) is 6.70. The average Bonchev–Trinajstić information content (AvgIpc) is 2.79. The molecule has 4 nitrogen and oxygen atoms in total. The SMILES string of the molecule is C=CCCCC[C@]1(C(=O)OCC)CCC/C1=N\O. The van der Waals surface area contributed by atoms with E-state index >= 15 is 0 Å². The van der Waals surface area contributed by atoms with Gasteiger partial charge >= 0.3 is 5.97 Å². The molecule has 0 bridgehead atoms. The molecule has 1 rings (SSSR count). The van der Waals surface area contributed by atoms with Crippen LogP contribution in [0.5, 0.6) is 0 Å². The molecule has 0 amide bonds. The number of oxime groups is 1. The molecular weight excluding hydrogens is 230 g/mol. The number of allylic oxidation sites excluding steroid dienone is 1. The van der Waals surface area contributed by atoms with Gasteiger partial charge in [-0.05, 0) is 45.4 Å². The highest BCUT2D eigenvalue weighted by Gasteiger charge is 2.47. The van der Waals surface area contributed by atoms with Crippen molar-refractivity contribution in [3.05, 3.63) is 12.7 Å². The lowest BCUT2D eigenvalue weighted by molar-refractivity contribution is -0.151. The van der Waals surface area contributed by atoms with Crippen molar-refractivity contribution >= 4 is 11.7 Å². The van der Waals surface area contributed by atoms with Crippen LogP contribution in [-0.2, 0) is 9.53 Å². The van der Waals surface area contributed by atoms with Crippen molar-refractivity contribution in [2.45, 2.75) is 51.9 Å². The zero-order valence-corrected chi connectivity index (χ0v) is 11.2. The molecule has 0 aromatic carbocycles. The molecular formula is C14H23NO3. The van der Waals surface area contributed by atoms with Gasteiger partial charge < -0.3 is 9.94 Å². The van der Waals surface area contributed by atoms with Gasteiger partial charge in [-0.2, -0.15) is 0 Å². The lowest BCUT2D eigenvalue weighted by Gasteiger charge is -2.26. The van der Waals surface area contributed by atoms with Crippen molar-refractivity contribution in [1.29, 1.82) is 0 Å². The summed E-state index contributed by atoms with van der Waals surface area (Å²) in [5.41, 5.74) is -0.0779. The number of carbonyl (C=O) groups is 1. The van der Waals surface area contributed by atoms with Gasteiger partial charge in [-0.15, -0.1) is 6.58 Å². The molecule has 0 saturated heterocycles. The fourth-order valence-electron chi connectivity index (χ4n) is 2.66. The van der Waals surface area contributed by atoms with E-state index < -0.39 is 5.41 Å². The van der Waals surface area contributed by atoms with Crippen molar-refractivity contribution in [3.63, 3.8) is 0 Å². The highest BCUT2D eigenvalue weighted by atomic mass is 16.5. The van der Waals surface area contributed by atoms with E-state index in [9.17, 15) is 4.79 Å². The third kappa shape index (κ3) is 3.12. The predicted molar refractivity (Wildman–Crippen MR) is 70.8 cm³/mol. The maximum absolute atomic E-state index is 12.2. The maximum Gasteiger partial charge on any atom is 0.317 e. The minimum absolute atomic E-state index is 0.228. The Morgan fingerprint density at radius 3 is 3.00 bits per heavy atom. The quantitative estimate of drug-likeness (QED) is 0.249. The first kappa shape index (κ1) is 14.7. The van der Waals surface area contributed by atoms with Gasteiger partial charge in [0.15, 0.2) is 0 Å². The molecule has 1 atom stereocenters. The van der Waals surface area contributed by atoms with Crippen LogP contribution in [0.1, 0.15) is 51.9 Å². The molecule has 0 radical (unpaired) electrons. The third-order valence-corrected chi connectivity index (χ3v) is 3.62. The van der Waals surface area contributed by atoms with Crippen molar-refractivity contribution < 1.29 is 14.7 Å². The van der Waals surface area contributed by atoms with Crippen molar-refractivity contribution in [3.8, 4) is 0 Å². The Labute approximate surface area is 109 Å². The van der Waals surface area contributed by atoms with Crippen molar-refractivity contribution in [2.75, 3.05) is 6.61 Å². The van der Waals surface area contributed by atoms with Crippen LogP contribution in [0.25, 0.3) is 0 Å². The molecule has 1 N–H and O–H groups in total. The molecule has 0 aromatic heterocycles. The van der Waals surface area contributed by atoms with Crippen molar-refractivity contribution in [2.24, 2.45) is 10.6 Å². The molecule has 4 heteroatoms. The van der Waals surface area contributed by atoms with Gasteiger partial charge in [-0.3, -0.25) is 4.79 Å². The van der Waals surface area contributed by atoms with E-state index in [4.69, 9.17) is 9.94 Å². The van der Waals surface area contributed by atoms with Gasteiger partial charge in [0.05, 0.1) is 12.3 Å². The summed E-state index contributed by atoms with van der Waals surface area (Å²) in [6, 6.07) is 0. The summed E-state index contributed by atoms with van der Waals surface area (Å²) in [7, 11) is 0. The fourth-order valence-corrected chi connectivity index (χ4v) is 2.66. The summed E-state index contributed by atoms with van der Waals surface area (Å²) in [5, 5.41) is 12.4. The smallest absolute Gasteiger partial charge is 0.317 e. The molecule has 1 saturated carbocycles. The first-order valence-electron chi connectivity index (χ1n) is 6.70. The van der Waals surface area contributed by atoms with Gasteiger partial charge in [-0.1, -0.05) is 17.7 Å². The summed E-state index contributed by atoms with van der Waals surface area (Å²) >= 11 is 0. The van der Waals surface area contributed by atoms with E-state index in [1.807, 2.05) is 6.08 Å². The number of nitrogens with zero attached hydrogens (tertiary/aromatic N) is 1. The highest BCUT2D eigenvalue weighted by Crippen LogP contribution is 2.41. The number of esters is 1. The summed E-state index contributed by atoms with van der Waals surface area (Å²) in [6.45, 7) is 5.85. The summed E-state index contributed by atoms with van der Waals surface area (Å²) in [4.78, 5) is 12.2. The van der Waals surface area contributed by atoms with E-state index in [0.717, 1.165) is 32.1 Å². The second-order valence-corrected chi connectivity index (χ2v) is 4.74. The van der Waals surface area contributed by atoms with Crippen LogP contribution in [0, 0.1) is 5.41 Å². The largest absolute Gasteiger partial charge is 0.465 e. The van der Waals surface area contributed by atoms with Crippen LogP contribution in [0.3, 0.4) is 0 Å². The van der Waals surface area contributed by atoms with Gasteiger partial charge in [0.2, 0.25) is 0 Å². The number of hydrogen-bond donors (Lipinski definition) is 1. The van der Waals surface area contributed by atoms with Crippen LogP contribution in [0.4, 0.5) is 0 Å². The zero-order chi connectivity index (χ0) is 13.4. The van der Waals surface area contributed by atoms with Crippen LogP contribution < -0.4 is 0 Å². The zero-order valence-electron chi connectivity index (χ0n) is 11.2. The van der Waals surface area contributed by atoms with E-state index in [0.29, 0.717) is 25.2 Å². The molecule has 0 aromatic rings. The van der Waals surface area contributed by atoms with Crippen molar-refractivity contribution in [1.82, 2.24) is 0 Å². The van der Waals surface area contributed by atoms with Gasteiger partial charge in [-0.25, -0.2) is 0 Å². The standard InChI is InChI=1S/C14H23NO3/c1-3-5-6-7-10-14(13(16)18-4-2)11-8-9-12(14)15-17/h3,17H,1,4-11H2,2H3/b15-12+/t14-/m0/s1. The van der Waals surface area contributed by atoms with Gasteiger partial charge in [0, 0.05) is 0 Å². The Bertz CT molecular complexity index is 325. The topological polar surface area (TPSA) is 58.9 Å². The Morgan fingerprint density at radius 1 is 1.61 bits per heavy atom. The van der Waals surface area contributed by atoms with Gasteiger partial charge in [0.1, 0.15) is 5.41 Å². The van der Waals surface area contributed by atoms with Crippen LogP contribution >= 0.6 is 0 Å². The first-order chi connectivity index (χ1) is 8.71. The molecule has 1 fully saturated rings. The minimum Gasteiger partial charge on any atom is -0.465 e. The number of rotatable bonds is 7. The number of carbonyl (C=O) groups excluding carboxylic acids is 1. The number of ether oxygens (including phenoxy) is 1. The molecule has 0 heterocycles. The van der Waals surface area contributed by atoms with E-state index in [2.05, 4.69) is 11.7 Å². The van der Waals surface area contributed by atoms with E-state index in [-0.39, 0.29) is 5.97 Å².